The van der Waals surface area contributed by atoms with Gasteiger partial charge in [0.25, 0.3) is 5.91 Å². The van der Waals surface area contributed by atoms with Crippen LogP contribution in [0.15, 0.2) is 47.4 Å². The van der Waals surface area contributed by atoms with Crippen LogP contribution in [0.25, 0.3) is 0 Å². The molecule has 0 heterocycles. The smallest absolute Gasteiger partial charge is 0.339 e. The van der Waals surface area contributed by atoms with Crippen molar-refractivity contribution in [1.82, 2.24) is 4.72 Å². The number of sulfonamides is 1. The van der Waals surface area contributed by atoms with E-state index in [9.17, 15) is 22.8 Å². The van der Waals surface area contributed by atoms with Gasteiger partial charge in [-0.2, -0.15) is 0 Å². The Morgan fingerprint density at radius 3 is 2.29 bits per heavy atom. The lowest BCUT2D eigenvalue weighted by atomic mass is 10.1. The predicted molar refractivity (Wildman–Crippen MR) is 114 cm³/mol. The van der Waals surface area contributed by atoms with E-state index in [0.29, 0.717) is 6.42 Å². The third kappa shape index (κ3) is 6.12. The zero-order valence-electron chi connectivity index (χ0n) is 17.4. The molecule has 2 aromatic carbocycles. The first-order valence-corrected chi connectivity index (χ1v) is 10.9. The number of unbranched alkanes of at least 4 members (excludes halogenated alkanes) is 1. The number of hydrogen-bond acceptors (Lipinski definition) is 7. The lowest BCUT2D eigenvalue weighted by Crippen LogP contribution is -2.25. The molecule has 2 rings (SSSR count). The average Bonchev–Trinajstić information content (AvgIpc) is 2.78. The fraction of sp³-hybridized carbons (Fsp3) is 0.286. The van der Waals surface area contributed by atoms with Gasteiger partial charge in [-0.25, -0.2) is 22.7 Å². The Balaban J connectivity index is 2.34. The number of rotatable bonds is 9. The Hall–Kier alpha value is -3.24. The van der Waals surface area contributed by atoms with E-state index >= 15 is 0 Å². The van der Waals surface area contributed by atoms with Crippen molar-refractivity contribution in [1.29, 1.82) is 0 Å². The third-order valence-electron chi connectivity index (χ3n) is 4.32. The van der Waals surface area contributed by atoms with Gasteiger partial charge in [-0.15, -0.1) is 0 Å². The van der Waals surface area contributed by atoms with Gasteiger partial charge in [-0.05, 0) is 42.8 Å². The molecule has 2 N–H and O–H groups in total. The lowest BCUT2D eigenvalue weighted by molar-refractivity contribution is 0.0587. The molecule has 0 bridgehead atoms. The molecule has 0 saturated heterocycles. The first kappa shape index (κ1) is 24.0. The summed E-state index contributed by atoms with van der Waals surface area (Å²) in [5.41, 5.74) is 0.210. The summed E-state index contributed by atoms with van der Waals surface area (Å²) in [7, 11) is -1.39. The second-order valence-electron chi connectivity index (χ2n) is 6.48. The van der Waals surface area contributed by atoms with Gasteiger partial charge in [0.15, 0.2) is 0 Å². The maximum Gasteiger partial charge on any atom is 0.339 e. The van der Waals surface area contributed by atoms with Crippen molar-refractivity contribution in [3.63, 3.8) is 0 Å². The Kier molecular flexibility index (Phi) is 8.29. The fourth-order valence-corrected chi connectivity index (χ4v) is 3.77. The molecular formula is C21H24N2O7S. The van der Waals surface area contributed by atoms with Crippen LogP contribution in [0, 0.1) is 0 Å². The van der Waals surface area contributed by atoms with Crippen LogP contribution in [0.4, 0.5) is 5.69 Å². The van der Waals surface area contributed by atoms with Gasteiger partial charge in [-0.1, -0.05) is 19.4 Å². The quantitative estimate of drug-likeness (QED) is 0.446. The number of carbonyl (C=O) groups is 3. The molecule has 0 aliphatic carbocycles. The molecule has 0 spiro atoms. The average molecular weight is 448 g/mol. The summed E-state index contributed by atoms with van der Waals surface area (Å²) in [6.45, 7) is 2.23. The molecule has 1 amide bonds. The number of carbonyl (C=O) groups excluding carboxylic acids is 3. The van der Waals surface area contributed by atoms with Crippen molar-refractivity contribution in [3.05, 3.63) is 59.2 Å². The van der Waals surface area contributed by atoms with Crippen LogP contribution in [0.1, 0.15) is 50.8 Å². The maximum atomic E-state index is 12.8. The highest BCUT2D eigenvalue weighted by Gasteiger charge is 2.20. The second-order valence-corrected chi connectivity index (χ2v) is 8.24. The number of ether oxygens (including phenoxy) is 2. The van der Waals surface area contributed by atoms with Crippen LogP contribution in [0.5, 0.6) is 0 Å². The summed E-state index contributed by atoms with van der Waals surface area (Å²) in [6.07, 6.45) is 1.52. The molecular weight excluding hydrogens is 424 g/mol. The molecule has 2 aromatic rings. The van der Waals surface area contributed by atoms with Crippen LogP contribution in [0.2, 0.25) is 0 Å². The van der Waals surface area contributed by atoms with Crippen molar-refractivity contribution in [3.8, 4) is 0 Å². The predicted octanol–water partition coefficient (Wildman–Crippen LogP) is 2.59. The largest absolute Gasteiger partial charge is 0.465 e. The normalized spacial score (nSPS) is 10.9. The maximum absolute atomic E-state index is 12.8. The summed E-state index contributed by atoms with van der Waals surface area (Å²) < 4.78 is 36.7. The van der Waals surface area contributed by atoms with Crippen LogP contribution in [-0.2, 0) is 19.5 Å². The molecule has 0 radical (unpaired) electrons. The third-order valence-corrected chi connectivity index (χ3v) is 5.78. The van der Waals surface area contributed by atoms with Crippen molar-refractivity contribution < 1.29 is 32.3 Å². The molecule has 10 heteroatoms. The van der Waals surface area contributed by atoms with Gasteiger partial charge >= 0.3 is 11.9 Å². The van der Waals surface area contributed by atoms with Crippen molar-refractivity contribution in [2.75, 3.05) is 26.1 Å². The molecule has 0 fully saturated rings. The summed E-state index contributed by atoms with van der Waals surface area (Å²) in [6, 6.07) is 9.45. The molecule has 9 nitrogen and oxygen atoms in total. The van der Waals surface area contributed by atoms with Crippen LogP contribution in [-0.4, -0.2) is 47.0 Å². The van der Waals surface area contributed by atoms with Crippen LogP contribution < -0.4 is 10.0 Å². The summed E-state index contributed by atoms with van der Waals surface area (Å²) in [4.78, 5) is 36.6. The number of esters is 2. The molecule has 0 saturated carbocycles. The highest BCUT2D eigenvalue weighted by atomic mass is 32.2. The Bertz CT molecular complexity index is 1080. The minimum absolute atomic E-state index is 0.0218. The van der Waals surface area contributed by atoms with Gasteiger partial charge in [-0.3, -0.25) is 4.79 Å². The molecule has 0 aromatic heterocycles. The monoisotopic (exact) mass is 448 g/mol. The first-order chi connectivity index (χ1) is 14.7. The van der Waals surface area contributed by atoms with E-state index in [-0.39, 0.29) is 33.8 Å². The van der Waals surface area contributed by atoms with Gasteiger partial charge in [0.1, 0.15) is 0 Å². The van der Waals surface area contributed by atoms with Crippen molar-refractivity contribution in [2.24, 2.45) is 0 Å². The topological polar surface area (TPSA) is 128 Å². The fourth-order valence-electron chi connectivity index (χ4n) is 2.65. The summed E-state index contributed by atoms with van der Waals surface area (Å²) >= 11 is 0. The first-order valence-electron chi connectivity index (χ1n) is 9.45. The van der Waals surface area contributed by atoms with Gasteiger partial charge in [0.2, 0.25) is 10.0 Å². The highest BCUT2D eigenvalue weighted by molar-refractivity contribution is 7.89. The number of nitrogens with one attached hydrogen (secondary N) is 2. The molecule has 31 heavy (non-hydrogen) atoms. The molecule has 0 aliphatic rings. The van der Waals surface area contributed by atoms with E-state index in [4.69, 9.17) is 4.74 Å². The van der Waals surface area contributed by atoms with Gasteiger partial charge in [0, 0.05) is 12.1 Å². The Morgan fingerprint density at radius 2 is 1.65 bits per heavy atom. The highest BCUT2D eigenvalue weighted by Crippen LogP contribution is 2.21. The van der Waals surface area contributed by atoms with Crippen molar-refractivity contribution >= 4 is 33.6 Å². The van der Waals surface area contributed by atoms with E-state index in [1.807, 2.05) is 6.92 Å². The van der Waals surface area contributed by atoms with E-state index in [1.54, 1.807) is 0 Å². The zero-order valence-corrected chi connectivity index (χ0v) is 18.2. The van der Waals surface area contributed by atoms with Gasteiger partial charge in [0.05, 0.1) is 35.9 Å². The van der Waals surface area contributed by atoms with Crippen molar-refractivity contribution in [2.45, 2.75) is 24.7 Å². The number of hydrogen-bond donors (Lipinski definition) is 2. The van der Waals surface area contributed by atoms with Crippen LogP contribution in [0.3, 0.4) is 0 Å². The molecule has 0 atom stereocenters. The number of anilines is 1. The minimum Gasteiger partial charge on any atom is -0.465 e. The molecule has 0 unspecified atom stereocenters. The van der Waals surface area contributed by atoms with E-state index < -0.39 is 27.9 Å². The number of methoxy groups -OCH3 is 2. The zero-order chi connectivity index (χ0) is 23.0. The minimum atomic E-state index is -3.77. The van der Waals surface area contributed by atoms with E-state index in [1.165, 1.54) is 56.7 Å². The summed E-state index contributed by atoms with van der Waals surface area (Å²) in [5.74, 6) is -2.04. The molecule has 166 valence electrons. The number of benzene rings is 2. The Morgan fingerprint density at radius 1 is 0.935 bits per heavy atom. The Labute approximate surface area is 180 Å². The van der Waals surface area contributed by atoms with Gasteiger partial charge < -0.3 is 14.8 Å². The SMILES string of the molecule is CCCCNS(=O)(=O)c1cccc(C(=O)Nc2cc(C(=O)OC)ccc2C(=O)OC)c1. The van der Waals surface area contributed by atoms with E-state index in [0.717, 1.165) is 6.42 Å². The van der Waals surface area contributed by atoms with E-state index in [2.05, 4.69) is 14.8 Å². The molecule has 0 aliphatic heterocycles. The lowest BCUT2D eigenvalue weighted by Gasteiger charge is -2.12. The van der Waals surface area contributed by atoms with Crippen LogP contribution >= 0.6 is 0 Å². The number of amides is 1. The summed E-state index contributed by atoms with van der Waals surface area (Å²) in [5, 5.41) is 2.53. The second kappa shape index (κ2) is 10.7. The standard InChI is InChI=1S/C21H24N2O7S/c1-4-5-11-22-31(27,28)16-8-6-7-14(12-16)19(24)23-18-13-15(20(25)29-2)9-10-17(18)21(26)30-3/h6-10,12-13,22H,4-5,11H2,1-3H3,(H,23,24).